The number of nitrogens with zero attached hydrogens (tertiary/aromatic N) is 3. The summed E-state index contributed by atoms with van der Waals surface area (Å²) in [5.74, 6) is 1.15. The summed E-state index contributed by atoms with van der Waals surface area (Å²) in [6, 6.07) is 3.78. The van der Waals surface area contributed by atoms with Gasteiger partial charge in [0.25, 0.3) is 5.89 Å². The van der Waals surface area contributed by atoms with Crippen LogP contribution in [-0.4, -0.2) is 38.2 Å². The van der Waals surface area contributed by atoms with E-state index in [0.29, 0.717) is 29.8 Å². The van der Waals surface area contributed by atoms with Crippen LogP contribution in [0.5, 0.6) is 0 Å². The molecule has 2 fully saturated rings. The maximum absolute atomic E-state index is 5.40. The summed E-state index contributed by atoms with van der Waals surface area (Å²) >= 11 is 0. The average molecular weight is 324 g/mol. The Bertz CT molecular complexity index is 872. The molecular formula is C17H20N6O. The molecule has 1 unspecified atom stereocenters. The molecule has 2 aliphatic heterocycles. The Morgan fingerprint density at radius 3 is 2.83 bits per heavy atom. The normalized spacial score (nSPS) is 26.1. The minimum Gasteiger partial charge on any atom is -0.381 e. The van der Waals surface area contributed by atoms with Crippen LogP contribution in [0.3, 0.4) is 0 Å². The highest BCUT2D eigenvalue weighted by Crippen LogP contribution is 2.36. The van der Waals surface area contributed by atoms with Gasteiger partial charge in [-0.15, -0.1) is 0 Å². The second kappa shape index (κ2) is 5.31. The van der Waals surface area contributed by atoms with Crippen LogP contribution in [-0.2, 0) is 0 Å². The molecule has 0 aliphatic carbocycles. The topological polar surface area (TPSA) is 91.7 Å². The Hall–Kier alpha value is -2.41. The number of fused-ring (bicyclic) bond motifs is 3. The third-order valence-electron chi connectivity index (χ3n) is 5.17. The molecule has 0 aromatic carbocycles. The maximum atomic E-state index is 5.40. The summed E-state index contributed by atoms with van der Waals surface area (Å²) in [6.45, 7) is 1.83. The van der Waals surface area contributed by atoms with Crippen LogP contribution in [0.4, 0.5) is 5.69 Å². The van der Waals surface area contributed by atoms with Gasteiger partial charge in [-0.2, -0.15) is 4.98 Å². The van der Waals surface area contributed by atoms with Crippen molar-refractivity contribution in [2.24, 2.45) is 0 Å². The molecule has 5 rings (SSSR count). The van der Waals surface area contributed by atoms with Gasteiger partial charge in [-0.05, 0) is 38.7 Å². The van der Waals surface area contributed by atoms with Crippen LogP contribution < -0.4 is 10.6 Å². The minimum absolute atomic E-state index is 0.451. The van der Waals surface area contributed by atoms with Gasteiger partial charge in [0.2, 0.25) is 0 Å². The van der Waals surface area contributed by atoms with Crippen LogP contribution >= 0.6 is 0 Å². The number of nitrogens with one attached hydrogen (secondary N) is 3. The molecule has 3 aromatic rings. The molecule has 7 heteroatoms. The fraction of sp³-hybridized carbons (Fsp3) is 0.471. The highest BCUT2D eigenvalue weighted by Gasteiger charge is 2.34. The molecular weight excluding hydrogens is 304 g/mol. The summed E-state index contributed by atoms with van der Waals surface area (Å²) in [6.07, 6.45) is 8.59. The first-order chi connectivity index (χ1) is 11.8. The quantitative estimate of drug-likeness (QED) is 0.686. The van der Waals surface area contributed by atoms with Crippen molar-refractivity contribution in [2.45, 2.75) is 50.7 Å². The van der Waals surface area contributed by atoms with Gasteiger partial charge in [0.1, 0.15) is 5.65 Å². The van der Waals surface area contributed by atoms with E-state index in [4.69, 9.17) is 4.52 Å². The van der Waals surface area contributed by atoms with Gasteiger partial charge in [-0.1, -0.05) is 5.16 Å². The summed E-state index contributed by atoms with van der Waals surface area (Å²) in [4.78, 5) is 12.1. The molecule has 0 spiro atoms. The van der Waals surface area contributed by atoms with E-state index in [2.05, 4.69) is 30.7 Å². The highest BCUT2D eigenvalue weighted by molar-refractivity contribution is 5.97. The standard InChI is InChI=1S/C17H20N6O/c1-9-20-17(24-23-9)14-8-19-16-13(4-5-18-16)15(14)22-12-6-10-2-3-11(7-12)21-10/h4-5,8,10-12,21H,2-3,6-7H2,1H3,(H2,18,19,22)/t10-,11+,12?. The molecule has 2 bridgehead atoms. The number of aromatic amines is 1. The molecule has 2 aliphatic rings. The number of aryl methyl sites for hydroxylation is 1. The van der Waals surface area contributed by atoms with Crippen molar-refractivity contribution in [1.29, 1.82) is 0 Å². The lowest BCUT2D eigenvalue weighted by molar-refractivity contribution is 0.378. The van der Waals surface area contributed by atoms with E-state index in [1.807, 2.05) is 25.4 Å². The van der Waals surface area contributed by atoms with Crippen LogP contribution in [0.25, 0.3) is 22.5 Å². The Morgan fingerprint density at radius 1 is 1.25 bits per heavy atom. The highest BCUT2D eigenvalue weighted by atomic mass is 16.5. The van der Waals surface area contributed by atoms with Crippen LogP contribution in [0.1, 0.15) is 31.5 Å². The number of aromatic nitrogens is 4. The predicted molar refractivity (Wildman–Crippen MR) is 90.7 cm³/mol. The number of pyridine rings is 1. The second-order valence-electron chi connectivity index (χ2n) is 6.88. The maximum Gasteiger partial charge on any atom is 0.261 e. The second-order valence-corrected chi connectivity index (χ2v) is 6.88. The van der Waals surface area contributed by atoms with Gasteiger partial charge in [0.05, 0.1) is 11.3 Å². The molecule has 3 aromatic heterocycles. The number of rotatable bonds is 3. The Balaban J connectivity index is 1.56. The van der Waals surface area contributed by atoms with Crippen molar-refractivity contribution in [3.8, 4) is 11.5 Å². The zero-order valence-electron chi connectivity index (χ0n) is 13.5. The molecule has 5 heterocycles. The molecule has 2 saturated heterocycles. The third kappa shape index (κ3) is 2.27. The summed E-state index contributed by atoms with van der Waals surface area (Å²) < 4.78 is 5.40. The van der Waals surface area contributed by atoms with Crippen LogP contribution in [0.2, 0.25) is 0 Å². The lowest BCUT2D eigenvalue weighted by atomic mass is 9.99. The van der Waals surface area contributed by atoms with Crippen molar-refractivity contribution in [2.75, 3.05) is 5.32 Å². The van der Waals surface area contributed by atoms with E-state index in [-0.39, 0.29) is 0 Å². The first-order valence-electron chi connectivity index (χ1n) is 8.55. The van der Waals surface area contributed by atoms with Crippen molar-refractivity contribution in [3.63, 3.8) is 0 Å². The van der Waals surface area contributed by atoms with E-state index < -0.39 is 0 Å². The van der Waals surface area contributed by atoms with E-state index in [1.165, 1.54) is 12.8 Å². The Labute approximate surface area is 139 Å². The lowest BCUT2D eigenvalue weighted by Crippen LogP contribution is -2.43. The molecule has 0 saturated carbocycles. The zero-order chi connectivity index (χ0) is 16.1. The van der Waals surface area contributed by atoms with Gasteiger partial charge in [0, 0.05) is 35.9 Å². The molecule has 3 atom stereocenters. The molecule has 0 amide bonds. The first kappa shape index (κ1) is 14.0. The van der Waals surface area contributed by atoms with E-state index >= 15 is 0 Å². The number of piperidine rings is 1. The number of anilines is 1. The zero-order valence-corrected chi connectivity index (χ0v) is 13.5. The lowest BCUT2D eigenvalue weighted by Gasteiger charge is -2.31. The van der Waals surface area contributed by atoms with Crippen LogP contribution in [0.15, 0.2) is 23.0 Å². The van der Waals surface area contributed by atoms with Crippen molar-refractivity contribution in [1.82, 2.24) is 25.4 Å². The molecule has 24 heavy (non-hydrogen) atoms. The fourth-order valence-electron chi connectivity index (χ4n) is 4.11. The van der Waals surface area contributed by atoms with Gasteiger partial charge in [-0.3, -0.25) is 0 Å². The SMILES string of the molecule is Cc1noc(-c2cnc3[nH]ccc3c2NC2C[C@H]3CC[C@@H](C2)N3)n1. The fourth-order valence-corrected chi connectivity index (χ4v) is 4.11. The van der Waals surface area contributed by atoms with Crippen molar-refractivity contribution >= 4 is 16.7 Å². The largest absolute Gasteiger partial charge is 0.381 e. The average Bonchev–Trinajstić information content (AvgIpc) is 3.28. The number of H-pyrrole nitrogens is 1. The van der Waals surface area contributed by atoms with E-state index in [9.17, 15) is 0 Å². The van der Waals surface area contributed by atoms with Gasteiger partial charge >= 0.3 is 0 Å². The Morgan fingerprint density at radius 2 is 2.08 bits per heavy atom. The van der Waals surface area contributed by atoms with Crippen LogP contribution in [0, 0.1) is 6.92 Å². The third-order valence-corrected chi connectivity index (χ3v) is 5.17. The summed E-state index contributed by atoms with van der Waals surface area (Å²) in [5.41, 5.74) is 2.78. The summed E-state index contributed by atoms with van der Waals surface area (Å²) in [5, 5.41) is 12.4. The first-order valence-corrected chi connectivity index (χ1v) is 8.55. The van der Waals surface area contributed by atoms with Gasteiger partial charge in [-0.25, -0.2) is 4.98 Å². The number of hydrogen-bond donors (Lipinski definition) is 3. The van der Waals surface area contributed by atoms with Crippen molar-refractivity contribution in [3.05, 3.63) is 24.3 Å². The molecule has 124 valence electrons. The summed E-state index contributed by atoms with van der Waals surface area (Å²) in [7, 11) is 0. The smallest absolute Gasteiger partial charge is 0.261 e. The minimum atomic E-state index is 0.451. The molecule has 3 N–H and O–H groups in total. The van der Waals surface area contributed by atoms with Crippen molar-refractivity contribution < 1.29 is 4.52 Å². The molecule has 7 nitrogen and oxygen atoms in total. The van der Waals surface area contributed by atoms with Gasteiger partial charge in [0.15, 0.2) is 5.82 Å². The predicted octanol–water partition coefficient (Wildman–Crippen LogP) is 2.62. The number of hydrogen-bond acceptors (Lipinski definition) is 6. The van der Waals surface area contributed by atoms with E-state index in [1.54, 1.807) is 0 Å². The molecule has 0 radical (unpaired) electrons. The van der Waals surface area contributed by atoms with Gasteiger partial charge < -0.3 is 20.1 Å². The van der Waals surface area contributed by atoms with E-state index in [0.717, 1.165) is 35.1 Å². The monoisotopic (exact) mass is 324 g/mol. The Kier molecular flexibility index (Phi) is 3.09.